The lowest BCUT2D eigenvalue weighted by molar-refractivity contribution is -0.141. The third-order valence-electron chi connectivity index (χ3n) is 3.16. The molecule has 1 saturated carbocycles. The molecule has 0 unspecified atom stereocenters. The quantitative estimate of drug-likeness (QED) is 0.735. The number of aliphatic carboxylic acids is 1. The third kappa shape index (κ3) is 2.58. The Morgan fingerprint density at radius 2 is 2.17 bits per heavy atom. The normalized spacial score (nSPS) is 22.7. The molecule has 96 valence electrons. The molecule has 2 atom stereocenters. The van der Waals surface area contributed by atoms with E-state index in [-0.39, 0.29) is 23.3 Å². The molecule has 0 spiro atoms. The van der Waals surface area contributed by atoms with Gasteiger partial charge >= 0.3 is 5.97 Å². The Labute approximate surface area is 104 Å². The molecule has 1 heterocycles. The second-order valence-electron chi connectivity index (χ2n) is 4.41. The highest BCUT2D eigenvalue weighted by molar-refractivity contribution is 5.96. The summed E-state index contributed by atoms with van der Waals surface area (Å²) in [4.78, 5) is 26.3. The van der Waals surface area contributed by atoms with Gasteiger partial charge in [-0.2, -0.15) is 0 Å². The van der Waals surface area contributed by atoms with Gasteiger partial charge in [-0.25, -0.2) is 0 Å². The number of rotatable bonds is 3. The fourth-order valence-corrected chi connectivity index (χ4v) is 2.18. The Morgan fingerprint density at radius 1 is 1.39 bits per heavy atom. The zero-order valence-electron chi connectivity index (χ0n) is 9.67. The summed E-state index contributed by atoms with van der Waals surface area (Å²) in [5.41, 5.74) is 0.156. The first-order valence-corrected chi connectivity index (χ1v) is 5.74. The average molecular weight is 250 g/mol. The smallest absolute Gasteiger partial charge is 0.306 e. The van der Waals surface area contributed by atoms with Crippen LogP contribution in [0.15, 0.2) is 18.5 Å². The van der Waals surface area contributed by atoms with Gasteiger partial charge in [0, 0.05) is 12.2 Å². The molecular weight excluding hydrogens is 236 g/mol. The van der Waals surface area contributed by atoms with Gasteiger partial charge in [-0.3, -0.25) is 14.6 Å². The van der Waals surface area contributed by atoms with E-state index >= 15 is 0 Å². The van der Waals surface area contributed by atoms with Crippen LogP contribution in [0.4, 0.5) is 0 Å². The van der Waals surface area contributed by atoms with E-state index in [1.165, 1.54) is 18.5 Å². The number of hydrogen-bond donors (Lipinski definition) is 3. The maximum atomic E-state index is 11.9. The van der Waals surface area contributed by atoms with Crippen molar-refractivity contribution in [1.82, 2.24) is 10.3 Å². The van der Waals surface area contributed by atoms with Gasteiger partial charge < -0.3 is 15.5 Å². The van der Waals surface area contributed by atoms with Gasteiger partial charge in [-0.15, -0.1) is 0 Å². The summed E-state index contributed by atoms with van der Waals surface area (Å²) in [6.07, 6.45) is 4.27. The number of amides is 1. The summed E-state index contributed by atoms with van der Waals surface area (Å²) in [6, 6.07) is 1.28. The van der Waals surface area contributed by atoms with Crippen molar-refractivity contribution < 1.29 is 19.8 Å². The van der Waals surface area contributed by atoms with E-state index in [0.29, 0.717) is 19.3 Å². The first-order chi connectivity index (χ1) is 8.58. The van der Waals surface area contributed by atoms with Crippen LogP contribution in [0.25, 0.3) is 0 Å². The molecule has 1 aromatic heterocycles. The Hall–Kier alpha value is -2.11. The van der Waals surface area contributed by atoms with E-state index in [0.717, 1.165) is 0 Å². The number of hydrogen-bond acceptors (Lipinski definition) is 4. The van der Waals surface area contributed by atoms with Crippen molar-refractivity contribution in [1.29, 1.82) is 0 Å². The van der Waals surface area contributed by atoms with Gasteiger partial charge in [0.05, 0.1) is 17.7 Å². The van der Waals surface area contributed by atoms with E-state index in [1.54, 1.807) is 0 Å². The van der Waals surface area contributed by atoms with E-state index in [9.17, 15) is 14.7 Å². The average Bonchev–Trinajstić information content (AvgIpc) is 2.78. The molecule has 18 heavy (non-hydrogen) atoms. The lowest BCUT2D eigenvalue weighted by Crippen LogP contribution is -2.33. The van der Waals surface area contributed by atoms with Crippen LogP contribution in [-0.4, -0.2) is 33.1 Å². The predicted molar refractivity (Wildman–Crippen MR) is 62.1 cm³/mol. The lowest BCUT2D eigenvalue weighted by Gasteiger charge is -2.12. The highest BCUT2D eigenvalue weighted by Gasteiger charge is 2.30. The molecular formula is C12H14N2O4. The maximum absolute atomic E-state index is 11.9. The standard InChI is InChI=1S/C12H14N2O4/c15-10-6-13-4-3-9(10)11(16)14-8-2-1-7(5-8)12(17)18/h3-4,6-8,15H,1-2,5H2,(H,14,16)(H,17,18)/t7-,8+/m1/s1. The van der Waals surface area contributed by atoms with Crippen LogP contribution in [0.5, 0.6) is 5.75 Å². The van der Waals surface area contributed by atoms with Crippen molar-refractivity contribution in [3.63, 3.8) is 0 Å². The number of carbonyl (C=O) groups is 2. The first-order valence-electron chi connectivity index (χ1n) is 5.74. The monoisotopic (exact) mass is 250 g/mol. The van der Waals surface area contributed by atoms with Crippen LogP contribution in [0.2, 0.25) is 0 Å². The summed E-state index contributed by atoms with van der Waals surface area (Å²) < 4.78 is 0. The molecule has 1 amide bonds. The van der Waals surface area contributed by atoms with Crippen molar-refractivity contribution in [2.75, 3.05) is 0 Å². The molecule has 1 aromatic rings. The van der Waals surface area contributed by atoms with Gasteiger partial charge in [0.1, 0.15) is 5.75 Å². The minimum absolute atomic E-state index is 0.147. The molecule has 1 fully saturated rings. The predicted octanol–water partition coefficient (Wildman–Crippen LogP) is 0.770. The number of carbonyl (C=O) groups excluding carboxylic acids is 1. The van der Waals surface area contributed by atoms with Crippen molar-refractivity contribution in [2.45, 2.75) is 25.3 Å². The first kappa shape index (κ1) is 12.3. The summed E-state index contributed by atoms with van der Waals surface area (Å²) in [5, 5.41) is 21.1. The number of carboxylic acid groups (broad SMARTS) is 1. The molecule has 0 saturated heterocycles. The summed E-state index contributed by atoms with van der Waals surface area (Å²) in [5.74, 6) is -1.78. The highest BCUT2D eigenvalue weighted by Crippen LogP contribution is 2.26. The van der Waals surface area contributed by atoms with Crippen molar-refractivity contribution in [3.8, 4) is 5.75 Å². The van der Waals surface area contributed by atoms with Crippen molar-refractivity contribution >= 4 is 11.9 Å². The number of carboxylic acids is 1. The molecule has 2 rings (SSSR count). The number of pyridine rings is 1. The minimum Gasteiger partial charge on any atom is -0.505 e. The number of nitrogens with zero attached hydrogens (tertiary/aromatic N) is 1. The van der Waals surface area contributed by atoms with Crippen LogP contribution in [0.1, 0.15) is 29.6 Å². The topological polar surface area (TPSA) is 99.5 Å². The molecule has 0 aromatic carbocycles. The zero-order chi connectivity index (χ0) is 13.1. The second kappa shape index (κ2) is 5.03. The lowest BCUT2D eigenvalue weighted by atomic mass is 10.1. The minimum atomic E-state index is -0.821. The van der Waals surface area contributed by atoms with E-state index in [1.807, 2.05) is 0 Å². The molecule has 6 nitrogen and oxygen atoms in total. The number of aromatic nitrogens is 1. The van der Waals surface area contributed by atoms with Gasteiger partial charge in [-0.1, -0.05) is 0 Å². The Balaban J connectivity index is 1.97. The summed E-state index contributed by atoms with van der Waals surface area (Å²) in [6.45, 7) is 0. The van der Waals surface area contributed by atoms with E-state index < -0.39 is 11.9 Å². The fraction of sp³-hybridized carbons (Fsp3) is 0.417. The number of aromatic hydroxyl groups is 1. The molecule has 6 heteroatoms. The van der Waals surface area contributed by atoms with Crippen molar-refractivity contribution in [3.05, 3.63) is 24.0 Å². The molecule has 1 aliphatic carbocycles. The Bertz CT molecular complexity index is 475. The fourth-order valence-electron chi connectivity index (χ4n) is 2.18. The summed E-state index contributed by atoms with van der Waals surface area (Å²) >= 11 is 0. The van der Waals surface area contributed by atoms with Gasteiger partial charge in [-0.05, 0) is 25.3 Å². The van der Waals surface area contributed by atoms with Crippen LogP contribution in [0.3, 0.4) is 0 Å². The molecule has 0 bridgehead atoms. The zero-order valence-corrected chi connectivity index (χ0v) is 9.67. The molecule has 0 aliphatic heterocycles. The van der Waals surface area contributed by atoms with Crippen LogP contribution in [-0.2, 0) is 4.79 Å². The van der Waals surface area contributed by atoms with Crippen LogP contribution < -0.4 is 5.32 Å². The molecule has 3 N–H and O–H groups in total. The highest BCUT2D eigenvalue weighted by atomic mass is 16.4. The maximum Gasteiger partial charge on any atom is 0.306 e. The van der Waals surface area contributed by atoms with Gasteiger partial charge in [0.25, 0.3) is 5.91 Å². The molecule has 1 aliphatic rings. The largest absolute Gasteiger partial charge is 0.505 e. The van der Waals surface area contributed by atoms with Gasteiger partial charge in [0.15, 0.2) is 0 Å². The summed E-state index contributed by atoms with van der Waals surface area (Å²) in [7, 11) is 0. The van der Waals surface area contributed by atoms with E-state index in [4.69, 9.17) is 5.11 Å². The Morgan fingerprint density at radius 3 is 2.78 bits per heavy atom. The number of nitrogens with one attached hydrogen (secondary N) is 1. The second-order valence-corrected chi connectivity index (χ2v) is 4.41. The van der Waals surface area contributed by atoms with E-state index in [2.05, 4.69) is 10.3 Å². The third-order valence-corrected chi connectivity index (χ3v) is 3.16. The van der Waals surface area contributed by atoms with Crippen molar-refractivity contribution in [2.24, 2.45) is 5.92 Å². The van der Waals surface area contributed by atoms with Crippen LogP contribution >= 0.6 is 0 Å². The van der Waals surface area contributed by atoms with Crippen LogP contribution in [0, 0.1) is 5.92 Å². The SMILES string of the molecule is O=C(N[C@H]1CC[C@@H](C(=O)O)C1)c1ccncc1O. The Kier molecular flexibility index (Phi) is 3.45. The van der Waals surface area contributed by atoms with Gasteiger partial charge in [0.2, 0.25) is 0 Å². The molecule has 0 radical (unpaired) electrons.